The highest BCUT2D eigenvalue weighted by Crippen LogP contribution is 2.31. The van der Waals surface area contributed by atoms with Gasteiger partial charge in [0.15, 0.2) is 5.82 Å². The third-order valence-corrected chi connectivity index (χ3v) is 4.53. The fourth-order valence-corrected chi connectivity index (χ4v) is 2.96. The number of aryl methyl sites for hydroxylation is 1. The van der Waals surface area contributed by atoms with Crippen molar-refractivity contribution in [2.75, 3.05) is 0 Å². The Morgan fingerprint density at radius 2 is 2.04 bits per heavy atom. The Hall–Kier alpha value is -2.41. The predicted molar refractivity (Wildman–Crippen MR) is 98.9 cm³/mol. The van der Waals surface area contributed by atoms with E-state index in [0.717, 1.165) is 30.7 Å². The van der Waals surface area contributed by atoms with Crippen molar-refractivity contribution in [3.63, 3.8) is 0 Å². The topological polar surface area (TPSA) is 80.5 Å². The first-order chi connectivity index (χ1) is 12.2. The van der Waals surface area contributed by atoms with E-state index >= 15 is 0 Å². The lowest BCUT2D eigenvalue weighted by atomic mass is 10.2. The van der Waals surface area contributed by atoms with Crippen LogP contribution in [0.25, 0.3) is 12.2 Å². The lowest BCUT2D eigenvalue weighted by Gasteiger charge is -2.01. The van der Waals surface area contributed by atoms with Crippen molar-refractivity contribution in [1.82, 2.24) is 25.3 Å². The third kappa shape index (κ3) is 5.03. The number of hydrogen-bond acceptors (Lipinski definition) is 6. The first-order valence-electron chi connectivity index (χ1n) is 8.39. The zero-order valence-electron chi connectivity index (χ0n) is 14.3. The van der Waals surface area contributed by atoms with Gasteiger partial charge in [0, 0.05) is 6.42 Å². The van der Waals surface area contributed by atoms with Crippen molar-refractivity contribution >= 4 is 23.9 Å². The molecule has 2 aromatic heterocycles. The van der Waals surface area contributed by atoms with Crippen molar-refractivity contribution < 1.29 is 4.52 Å². The summed E-state index contributed by atoms with van der Waals surface area (Å²) in [6, 6.07) is 10.1. The number of nitrogens with zero attached hydrogens (tertiary/aromatic N) is 4. The minimum absolute atomic E-state index is 0.00429. The molecular weight excluding hydrogens is 334 g/mol. The fourth-order valence-electron chi connectivity index (χ4n) is 2.20. The minimum atomic E-state index is 0.00429. The SMILES string of the molecule is CCCCc1noc(C(C)Sc2n[nH]c(/C=C/c3ccccc3)n2)n1. The van der Waals surface area contributed by atoms with Crippen molar-refractivity contribution in [2.45, 2.75) is 43.5 Å². The summed E-state index contributed by atoms with van der Waals surface area (Å²) in [6.07, 6.45) is 6.94. The number of nitrogens with one attached hydrogen (secondary N) is 1. The number of H-pyrrole nitrogens is 1. The standard InChI is InChI=1S/C18H21N5OS/c1-3-4-10-16-19-17(24-23-16)13(2)25-18-20-15(21-22-18)12-11-14-8-6-5-7-9-14/h5-9,11-13H,3-4,10H2,1-2H3,(H,20,21,22)/b12-11+. The van der Waals surface area contributed by atoms with E-state index < -0.39 is 0 Å². The van der Waals surface area contributed by atoms with Gasteiger partial charge in [0.25, 0.3) is 0 Å². The quantitative estimate of drug-likeness (QED) is 0.597. The number of benzene rings is 1. The molecule has 1 atom stereocenters. The Balaban J connectivity index is 1.59. The molecule has 0 radical (unpaired) electrons. The fraction of sp³-hybridized carbons (Fsp3) is 0.333. The Bertz CT molecular complexity index is 812. The van der Waals surface area contributed by atoms with Crippen LogP contribution < -0.4 is 0 Å². The molecule has 0 aliphatic heterocycles. The Kier molecular flexibility index (Phi) is 6.00. The molecule has 0 amide bonds. The average molecular weight is 355 g/mol. The Morgan fingerprint density at radius 1 is 1.20 bits per heavy atom. The molecule has 2 heterocycles. The maximum atomic E-state index is 5.35. The van der Waals surface area contributed by atoms with Crippen LogP contribution in [-0.4, -0.2) is 25.3 Å². The summed E-state index contributed by atoms with van der Waals surface area (Å²) < 4.78 is 5.35. The van der Waals surface area contributed by atoms with Gasteiger partial charge in [-0.15, -0.1) is 5.10 Å². The molecule has 0 aliphatic carbocycles. The van der Waals surface area contributed by atoms with Crippen LogP contribution in [0.2, 0.25) is 0 Å². The van der Waals surface area contributed by atoms with Crippen LogP contribution >= 0.6 is 11.8 Å². The van der Waals surface area contributed by atoms with E-state index in [1.165, 1.54) is 11.8 Å². The molecule has 1 aromatic carbocycles. The summed E-state index contributed by atoms with van der Waals surface area (Å²) >= 11 is 1.49. The number of thioether (sulfide) groups is 1. The zero-order valence-corrected chi connectivity index (χ0v) is 15.2. The van der Waals surface area contributed by atoms with E-state index in [1.54, 1.807) is 0 Å². The van der Waals surface area contributed by atoms with Crippen molar-refractivity contribution in [1.29, 1.82) is 0 Å². The lowest BCUT2D eigenvalue weighted by molar-refractivity contribution is 0.374. The molecule has 0 spiro atoms. The summed E-state index contributed by atoms with van der Waals surface area (Å²) in [6.45, 7) is 4.16. The van der Waals surface area contributed by atoms with Crippen LogP contribution in [-0.2, 0) is 6.42 Å². The van der Waals surface area contributed by atoms with Gasteiger partial charge in [-0.3, -0.25) is 5.10 Å². The summed E-state index contributed by atoms with van der Waals surface area (Å²) in [4.78, 5) is 8.92. The average Bonchev–Trinajstić information content (AvgIpc) is 3.28. The molecule has 1 N–H and O–H groups in total. The van der Waals surface area contributed by atoms with Crippen molar-refractivity contribution in [3.8, 4) is 0 Å². The molecule has 0 saturated heterocycles. The number of aromatic amines is 1. The van der Waals surface area contributed by atoms with Crippen LogP contribution in [0.4, 0.5) is 0 Å². The predicted octanol–water partition coefficient (Wildman–Crippen LogP) is 4.55. The first kappa shape index (κ1) is 17.4. The summed E-state index contributed by atoms with van der Waals surface area (Å²) in [7, 11) is 0. The molecule has 6 nitrogen and oxygen atoms in total. The molecule has 3 rings (SSSR count). The largest absolute Gasteiger partial charge is 0.338 e. The molecule has 0 bridgehead atoms. The van der Waals surface area contributed by atoms with Crippen LogP contribution in [0.5, 0.6) is 0 Å². The molecule has 130 valence electrons. The number of aromatic nitrogens is 5. The monoisotopic (exact) mass is 355 g/mol. The van der Waals surface area contributed by atoms with Gasteiger partial charge in [-0.25, -0.2) is 4.98 Å². The van der Waals surface area contributed by atoms with Crippen molar-refractivity contribution in [2.24, 2.45) is 0 Å². The van der Waals surface area contributed by atoms with Gasteiger partial charge in [-0.2, -0.15) is 4.98 Å². The van der Waals surface area contributed by atoms with Gasteiger partial charge in [0.2, 0.25) is 11.0 Å². The highest BCUT2D eigenvalue weighted by molar-refractivity contribution is 7.99. The highest BCUT2D eigenvalue weighted by atomic mass is 32.2. The molecule has 0 fully saturated rings. The van der Waals surface area contributed by atoms with Crippen LogP contribution in [0, 0.1) is 0 Å². The van der Waals surface area contributed by atoms with E-state index in [2.05, 4.69) is 32.2 Å². The van der Waals surface area contributed by atoms with Gasteiger partial charge >= 0.3 is 0 Å². The maximum absolute atomic E-state index is 5.35. The van der Waals surface area contributed by atoms with Crippen molar-refractivity contribution in [3.05, 3.63) is 53.4 Å². The van der Waals surface area contributed by atoms with E-state index in [4.69, 9.17) is 4.52 Å². The first-order valence-corrected chi connectivity index (χ1v) is 9.27. The summed E-state index contributed by atoms with van der Waals surface area (Å²) in [5.74, 6) is 2.10. The smallest absolute Gasteiger partial charge is 0.239 e. The lowest BCUT2D eigenvalue weighted by Crippen LogP contribution is -1.92. The van der Waals surface area contributed by atoms with Gasteiger partial charge in [-0.05, 0) is 25.0 Å². The van der Waals surface area contributed by atoms with Gasteiger partial charge in [-0.1, -0.05) is 66.7 Å². The van der Waals surface area contributed by atoms with E-state index in [1.807, 2.05) is 49.4 Å². The molecule has 25 heavy (non-hydrogen) atoms. The van der Waals surface area contributed by atoms with Crippen LogP contribution in [0.1, 0.15) is 55.0 Å². The number of hydrogen-bond donors (Lipinski definition) is 1. The van der Waals surface area contributed by atoms with Crippen LogP contribution in [0.15, 0.2) is 40.0 Å². The molecule has 7 heteroatoms. The third-order valence-electron chi connectivity index (χ3n) is 3.58. The second kappa shape index (κ2) is 8.62. The number of rotatable bonds is 8. The second-order valence-corrected chi connectivity index (χ2v) is 6.97. The Morgan fingerprint density at radius 3 is 2.84 bits per heavy atom. The zero-order chi connectivity index (χ0) is 17.5. The minimum Gasteiger partial charge on any atom is -0.338 e. The van der Waals surface area contributed by atoms with Crippen LogP contribution in [0.3, 0.4) is 0 Å². The summed E-state index contributed by atoms with van der Waals surface area (Å²) in [5.41, 5.74) is 1.12. The highest BCUT2D eigenvalue weighted by Gasteiger charge is 2.17. The summed E-state index contributed by atoms with van der Waals surface area (Å²) in [5, 5.41) is 11.9. The number of unbranched alkanes of at least 4 members (excludes halogenated alkanes) is 1. The van der Waals surface area contributed by atoms with E-state index in [0.29, 0.717) is 16.9 Å². The van der Waals surface area contributed by atoms with E-state index in [9.17, 15) is 0 Å². The van der Waals surface area contributed by atoms with E-state index in [-0.39, 0.29) is 5.25 Å². The normalized spacial score (nSPS) is 12.7. The maximum Gasteiger partial charge on any atom is 0.239 e. The second-order valence-electron chi connectivity index (χ2n) is 5.66. The Labute approximate surface area is 151 Å². The molecular formula is C18H21N5OS. The molecule has 0 aliphatic rings. The molecule has 3 aromatic rings. The van der Waals surface area contributed by atoms with Gasteiger partial charge < -0.3 is 4.52 Å². The van der Waals surface area contributed by atoms with Gasteiger partial charge in [0.05, 0.1) is 5.25 Å². The molecule has 0 saturated carbocycles. The molecule has 1 unspecified atom stereocenters. The van der Waals surface area contributed by atoms with Gasteiger partial charge in [0.1, 0.15) is 5.82 Å².